The Kier molecular flexibility index (Phi) is 3.06. The van der Waals surface area contributed by atoms with Crippen molar-refractivity contribution in [3.05, 3.63) is 29.3 Å². The Hall–Kier alpha value is -1.07. The van der Waals surface area contributed by atoms with Gasteiger partial charge in [0.2, 0.25) is 0 Å². The molecule has 2 aliphatic rings. The molecule has 19 heavy (non-hydrogen) atoms. The number of fused-ring (bicyclic) bond motifs is 1. The Balaban J connectivity index is 1.93. The van der Waals surface area contributed by atoms with Gasteiger partial charge in [0.05, 0.1) is 17.6 Å². The summed E-state index contributed by atoms with van der Waals surface area (Å²) in [5.41, 5.74) is 3.27. The molecule has 0 spiro atoms. The van der Waals surface area contributed by atoms with E-state index >= 15 is 0 Å². The molecule has 1 aromatic carbocycles. The standard InChI is InChI=1S/C14H19NO3S/c1-10(16)12-3-2-4-14-13(12)5-7-15(14)11-6-8-19(17,18)9-11/h2-4,10-11,16H,5-9H2,1H3. The zero-order valence-corrected chi connectivity index (χ0v) is 11.9. The molecule has 1 saturated heterocycles. The van der Waals surface area contributed by atoms with Gasteiger partial charge in [-0.3, -0.25) is 0 Å². The van der Waals surface area contributed by atoms with Gasteiger partial charge in [-0.05, 0) is 37.0 Å². The fourth-order valence-electron chi connectivity index (χ4n) is 3.28. The average Bonchev–Trinajstić information content (AvgIpc) is 2.91. The van der Waals surface area contributed by atoms with E-state index in [9.17, 15) is 13.5 Å². The van der Waals surface area contributed by atoms with Crippen LogP contribution in [0.15, 0.2) is 18.2 Å². The highest BCUT2D eigenvalue weighted by atomic mass is 32.2. The van der Waals surface area contributed by atoms with E-state index < -0.39 is 15.9 Å². The van der Waals surface area contributed by atoms with Gasteiger partial charge in [-0.15, -0.1) is 0 Å². The summed E-state index contributed by atoms with van der Waals surface area (Å²) in [6, 6.07) is 6.05. The number of benzene rings is 1. The first-order valence-electron chi connectivity index (χ1n) is 6.75. The summed E-state index contributed by atoms with van der Waals surface area (Å²) in [6.45, 7) is 2.64. The van der Waals surface area contributed by atoms with Crippen molar-refractivity contribution in [3.8, 4) is 0 Å². The van der Waals surface area contributed by atoms with Gasteiger partial charge < -0.3 is 10.0 Å². The molecule has 0 bridgehead atoms. The second kappa shape index (κ2) is 4.49. The Bertz CT molecular complexity index is 595. The van der Waals surface area contributed by atoms with Gasteiger partial charge in [-0.25, -0.2) is 8.42 Å². The molecular formula is C14H19NO3S. The van der Waals surface area contributed by atoms with Crippen LogP contribution in [0, 0.1) is 0 Å². The predicted octanol–water partition coefficient (Wildman–Crippen LogP) is 1.29. The van der Waals surface area contributed by atoms with Gasteiger partial charge >= 0.3 is 0 Å². The van der Waals surface area contributed by atoms with E-state index in [1.54, 1.807) is 6.92 Å². The molecule has 0 radical (unpaired) electrons. The van der Waals surface area contributed by atoms with Crippen molar-refractivity contribution in [2.45, 2.75) is 31.9 Å². The first-order chi connectivity index (χ1) is 8.98. The molecule has 2 atom stereocenters. The van der Waals surface area contributed by atoms with Crippen molar-refractivity contribution in [1.29, 1.82) is 0 Å². The largest absolute Gasteiger partial charge is 0.389 e. The zero-order chi connectivity index (χ0) is 13.6. The minimum atomic E-state index is -2.85. The Labute approximate surface area is 114 Å². The molecule has 5 heteroatoms. The van der Waals surface area contributed by atoms with Crippen molar-refractivity contribution in [3.63, 3.8) is 0 Å². The van der Waals surface area contributed by atoms with Gasteiger partial charge in [0, 0.05) is 18.3 Å². The number of hydrogen-bond donors (Lipinski definition) is 1. The van der Waals surface area contributed by atoms with Crippen LogP contribution in [0.25, 0.3) is 0 Å². The maximum atomic E-state index is 11.6. The maximum absolute atomic E-state index is 11.6. The van der Waals surface area contributed by atoms with Crippen LogP contribution in [-0.2, 0) is 16.3 Å². The number of rotatable bonds is 2. The monoisotopic (exact) mass is 281 g/mol. The molecule has 2 heterocycles. The summed E-state index contributed by atoms with van der Waals surface area (Å²) in [5, 5.41) is 9.81. The molecule has 2 unspecified atom stereocenters. The van der Waals surface area contributed by atoms with E-state index in [0.29, 0.717) is 5.75 Å². The topological polar surface area (TPSA) is 57.6 Å². The smallest absolute Gasteiger partial charge is 0.152 e. The fourth-order valence-corrected chi connectivity index (χ4v) is 5.01. The van der Waals surface area contributed by atoms with Gasteiger partial charge in [0.25, 0.3) is 0 Å². The van der Waals surface area contributed by atoms with E-state index in [1.165, 1.54) is 5.56 Å². The van der Waals surface area contributed by atoms with Crippen LogP contribution in [0.4, 0.5) is 5.69 Å². The Morgan fingerprint density at radius 1 is 1.42 bits per heavy atom. The SMILES string of the molecule is CC(O)c1cccc2c1CCN2C1CCS(=O)(=O)C1. The normalized spacial score (nSPS) is 26.4. The van der Waals surface area contributed by atoms with Crippen LogP contribution in [0.1, 0.15) is 30.6 Å². The number of hydrogen-bond acceptors (Lipinski definition) is 4. The lowest BCUT2D eigenvalue weighted by atomic mass is 10.0. The molecule has 0 amide bonds. The molecule has 4 nitrogen and oxygen atoms in total. The summed E-state index contributed by atoms with van der Waals surface area (Å²) in [4.78, 5) is 2.21. The highest BCUT2D eigenvalue weighted by Crippen LogP contribution is 2.36. The van der Waals surface area contributed by atoms with E-state index in [1.807, 2.05) is 18.2 Å². The third kappa shape index (κ3) is 2.25. The molecule has 104 valence electrons. The summed E-state index contributed by atoms with van der Waals surface area (Å²) < 4.78 is 23.2. The Morgan fingerprint density at radius 2 is 2.21 bits per heavy atom. The number of aliphatic hydroxyl groups is 1. The van der Waals surface area contributed by atoms with Crippen molar-refractivity contribution in [1.82, 2.24) is 0 Å². The van der Waals surface area contributed by atoms with Crippen LogP contribution in [0.2, 0.25) is 0 Å². The van der Waals surface area contributed by atoms with Gasteiger partial charge in [-0.2, -0.15) is 0 Å². The minimum absolute atomic E-state index is 0.107. The van der Waals surface area contributed by atoms with Crippen LogP contribution >= 0.6 is 0 Å². The van der Waals surface area contributed by atoms with Crippen molar-refractivity contribution in [2.75, 3.05) is 23.0 Å². The molecule has 0 saturated carbocycles. The molecule has 1 N–H and O–H groups in total. The van der Waals surface area contributed by atoms with Gasteiger partial charge in [0.15, 0.2) is 9.84 Å². The van der Waals surface area contributed by atoms with Crippen LogP contribution in [-0.4, -0.2) is 37.6 Å². The van der Waals surface area contributed by atoms with Crippen molar-refractivity contribution >= 4 is 15.5 Å². The highest BCUT2D eigenvalue weighted by Gasteiger charge is 2.35. The zero-order valence-electron chi connectivity index (χ0n) is 11.0. The van der Waals surface area contributed by atoms with E-state index in [0.717, 1.165) is 30.6 Å². The van der Waals surface area contributed by atoms with Crippen molar-refractivity contribution < 1.29 is 13.5 Å². The van der Waals surface area contributed by atoms with Crippen LogP contribution in [0.3, 0.4) is 0 Å². The Morgan fingerprint density at radius 3 is 2.84 bits per heavy atom. The highest BCUT2D eigenvalue weighted by molar-refractivity contribution is 7.91. The molecular weight excluding hydrogens is 262 g/mol. The quantitative estimate of drug-likeness (QED) is 0.887. The molecule has 1 fully saturated rings. The second-order valence-corrected chi connectivity index (χ2v) is 7.75. The molecule has 0 aliphatic carbocycles. The third-order valence-corrected chi connectivity index (χ3v) is 5.95. The first kappa shape index (κ1) is 12.9. The second-order valence-electron chi connectivity index (χ2n) is 5.52. The summed E-state index contributed by atoms with van der Waals surface area (Å²) in [5.74, 6) is 0.574. The summed E-state index contributed by atoms with van der Waals surface area (Å²) >= 11 is 0. The number of nitrogens with zero attached hydrogens (tertiary/aromatic N) is 1. The molecule has 2 aliphatic heterocycles. The van der Waals surface area contributed by atoms with Crippen LogP contribution < -0.4 is 4.90 Å². The minimum Gasteiger partial charge on any atom is -0.389 e. The maximum Gasteiger partial charge on any atom is 0.152 e. The lowest BCUT2D eigenvalue weighted by Gasteiger charge is -2.26. The lowest BCUT2D eigenvalue weighted by molar-refractivity contribution is 0.198. The number of aliphatic hydroxyl groups excluding tert-OH is 1. The fraction of sp³-hybridized carbons (Fsp3) is 0.571. The number of anilines is 1. The van der Waals surface area contributed by atoms with Crippen molar-refractivity contribution in [2.24, 2.45) is 0 Å². The van der Waals surface area contributed by atoms with Gasteiger partial charge in [-0.1, -0.05) is 12.1 Å². The first-order valence-corrected chi connectivity index (χ1v) is 8.57. The summed E-state index contributed by atoms with van der Waals surface area (Å²) in [6.07, 6.45) is 1.15. The van der Waals surface area contributed by atoms with Gasteiger partial charge in [0.1, 0.15) is 0 Å². The molecule has 1 aromatic rings. The van der Waals surface area contributed by atoms with E-state index in [4.69, 9.17) is 0 Å². The number of sulfone groups is 1. The molecule has 3 rings (SSSR count). The van der Waals surface area contributed by atoms with E-state index in [2.05, 4.69) is 4.90 Å². The third-order valence-electron chi connectivity index (χ3n) is 4.20. The molecule has 0 aromatic heterocycles. The van der Waals surface area contributed by atoms with E-state index in [-0.39, 0.29) is 11.8 Å². The summed E-state index contributed by atoms with van der Waals surface area (Å²) in [7, 11) is -2.85. The predicted molar refractivity (Wildman–Crippen MR) is 75.2 cm³/mol. The van der Waals surface area contributed by atoms with Crippen LogP contribution in [0.5, 0.6) is 0 Å². The lowest BCUT2D eigenvalue weighted by Crippen LogP contribution is -2.34. The average molecular weight is 281 g/mol.